The van der Waals surface area contributed by atoms with Crippen molar-refractivity contribution in [2.75, 3.05) is 57.9 Å². The number of fused-ring (bicyclic) bond motifs is 8. The standard InChI is InChI=1S/C50H57F3I2N8O7S2/c1-8-36(64)59-19-21-60(22-20-59)46(68)58(6)38(28(2)3)40(65)42-48(15-16-55-42)24-35-57-32(25-72-35)29-13-14-33-31(23-29)37-39(61(33)26-49(51,52)53)30-11-9-17-56-43(30)50(54,69-7)41(37)47(4,5)27-70-44(66)34-12-10-18-62(45(48)67)63(34)71/h8-9,11,13-14,17,23,25,28,34,38,41-42H,1,10,12,15-16,18-22,24,26-27H2,2-7H3/t34-,38-,41?,42?,48+,50-/m0/s1. The molecule has 22 heteroatoms. The van der Waals surface area contributed by atoms with Crippen LogP contribution in [-0.2, 0) is 57.7 Å². The number of hydrazine groups is 1. The number of Topliss-reactive ketones (excluding diaryl/α,β-unsaturated/α-hetero) is 1. The van der Waals surface area contributed by atoms with Crippen molar-refractivity contribution in [3.63, 3.8) is 0 Å². The Kier molecular flexibility index (Phi) is 14.5. The van der Waals surface area contributed by atoms with Gasteiger partial charge in [0.05, 0.1) is 5.69 Å². The van der Waals surface area contributed by atoms with Crippen molar-refractivity contribution in [2.45, 2.75) is 91.6 Å². The van der Waals surface area contributed by atoms with Gasteiger partial charge in [0.25, 0.3) is 0 Å². The predicted octanol–water partition coefficient (Wildman–Crippen LogP) is 4.32. The van der Waals surface area contributed by atoms with Crippen LogP contribution >= 0.6 is 33.9 Å². The van der Waals surface area contributed by atoms with E-state index in [1.54, 1.807) is 54.4 Å². The average Bonchev–Trinajstić information content (AvgIpc) is 4.08. The van der Waals surface area contributed by atoms with Gasteiger partial charge in [-0.3, -0.25) is 4.98 Å². The second-order valence-electron chi connectivity index (χ2n) is 20.3. The second kappa shape index (κ2) is 19.9. The van der Waals surface area contributed by atoms with Crippen LogP contribution in [0, 0.1) is 16.7 Å². The van der Waals surface area contributed by atoms with Crippen LogP contribution in [0.3, 0.4) is 0 Å². The summed E-state index contributed by atoms with van der Waals surface area (Å²) in [5.74, 6) is -2.53. The number of rotatable bonds is 7. The molecule has 1 spiro atoms. The van der Waals surface area contributed by atoms with Crippen molar-refractivity contribution in [2.24, 2.45) is 16.7 Å². The van der Waals surface area contributed by atoms with Gasteiger partial charge in [-0.2, -0.15) is 13.2 Å². The van der Waals surface area contributed by atoms with Crippen LogP contribution in [0.1, 0.15) is 69.1 Å². The molecule has 1 aliphatic carbocycles. The van der Waals surface area contributed by atoms with Crippen LogP contribution in [0.2, 0.25) is 0 Å². The zero-order valence-corrected chi connectivity index (χ0v) is 46.8. The summed E-state index contributed by atoms with van der Waals surface area (Å²) in [4.78, 5) is 86.9. The van der Waals surface area contributed by atoms with Gasteiger partial charge in [0, 0.05) is 13.3 Å². The van der Waals surface area contributed by atoms with Crippen molar-refractivity contribution in [1.29, 1.82) is 0 Å². The molecule has 4 aliphatic heterocycles. The van der Waals surface area contributed by atoms with Crippen LogP contribution in [0.15, 0.2) is 54.6 Å². The van der Waals surface area contributed by atoms with E-state index in [1.807, 2.05) is 39.1 Å². The Hall–Kier alpha value is -4.14. The number of methoxy groups -OCH3 is 1. The van der Waals surface area contributed by atoms with E-state index in [9.17, 15) is 27.6 Å². The van der Waals surface area contributed by atoms with E-state index < -0.39 is 76.3 Å². The number of urea groups is 1. The van der Waals surface area contributed by atoms with Crippen LogP contribution in [0.25, 0.3) is 33.4 Å². The number of amides is 4. The summed E-state index contributed by atoms with van der Waals surface area (Å²) >= 11 is 8.60. The number of carbonyl (C=O) groups excluding carboxylic acids is 5. The van der Waals surface area contributed by atoms with Crippen molar-refractivity contribution in [1.82, 2.24) is 34.2 Å². The number of ether oxygens (including phenoxy) is 2. The van der Waals surface area contributed by atoms with E-state index in [0.29, 0.717) is 80.0 Å². The predicted molar refractivity (Wildman–Crippen MR) is 269 cm³/mol. The van der Waals surface area contributed by atoms with E-state index in [0.717, 1.165) is 0 Å². The van der Waals surface area contributed by atoms with Gasteiger partial charge >= 0.3 is 376 Å². The first-order valence-corrected chi connectivity index (χ1v) is 29.0. The van der Waals surface area contributed by atoms with Gasteiger partial charge in [-0.1, -0.05) is 0 Å². The maximum atomic E-state index is 15.7. The van der Waals surface area contributed by atoms with Crippen molar-refractivity contribution < 1.29 is 71.9 Å². The zero-order chi connectivity index (χ0) is 51.8. The Balaban J connectivity index is 1.17. The topological polar surface area (TPSA) is 150 Å². The zero-order valence-electron chi connectivity index (χ0n) is 40.8. The second-order valence-corrected chi connectivity index (χ2v) is 26.4. The van der Waals surface area contributed by atoms with Crippen LogP contribution in [-0.4, -0.2) is 148 Å². The monoisotopic (exact) mass is 1260 g/mol. The molecule has 386 valence electrons. The SMILES string of the molecule is C=CC(=O)N1CCN(C(=O)N(C)[C@H](C(=O)C2[I-]CC[C@@]23Cc2nc(cs2)-c2ccc4c(c2)c2c(n4CC(F)(F)F)-c4cccnc4[C@@](I)(OC)C2C(C)(C)COC(=O)[C@@H]2CCCN(C3=O)[N+]2=S)C(C)C)CC1. The van der Waals surface area contributed by atoms with Crippen molar-refractivity contribution in [3.8, 4) is 22.5 Å². The van der Waals surface area contributed by atoms with E-state index >= 15 is 9.59 Å². The summed E-state index contributed by atoms with van der Waals surface area (Å²) in [5, 5.41) is 4.43. The quantitative estimate of drug-likeness (QED) is 0.0862. The van der Waals surface area contributed by atoms with Gasteiger partial charge < -0.3 is 4.74 Å². The average molecular weight is 1260 g/mol. The number of piperazine rings is 1. The van der Waals surface area contributed by atoms with Crippen LogP contribution < -0.4 is 21.2 Å². The molecule has 3 fully saturated rings. The molecule has 0 saturated carbocycles. The molecule has 2 unspecified atom stereocenters. The van der Waals surface area contributed by atoms with Crippen LogP contribution in [0.5, 0.6) is 0 Å². The number of carbonyl (C=O) groups is 5. The molecule has 4 aromatic rings. The number of hydrogen-bond acceptors (Lipinski definition) is 11. The molecule has 15 nitrogen and oxygen atoms in total. The third-order valence-electron chi connectivity index (χ3n) is 15.0. The number of aromatic nitrogens is 3. The number of thiazole rings is 1. The number of esters is 1. The summed E-state index contributed by atoms with van der Waals surface area (Å²) in [5.41, 5.74) is 1.03. The summed E-state index contributed by atoms with van der Waals surface area (Å²) in [6.45, 7) is 11.1. The Morgan fingerprint density at radius 1 is 1.14 bits per heavy atom. The third kappa shape index (κ3) is 9.06. The number of ketones is 1. The maximum absolute atomic E-state index is 15.7. The van der Waals surface area contributed by atoms with E-state index in [1.165, 1.54) is 35.9 Å². The fraction of sp³-hybridized carbons (Fsp3) is 0.540. The Morgan fingerprint density at radius 3 is 2.54 bits per heavy atom. The number of alkyl halides is 6. The molecule has 3 aromatic heterocycles. The molecule has 6 bridgehead atoms. The summed E-state index contributed by atoms with van der Waals surface area (Å²) < 4.78 is 58.1. The van der Waals surface area contributed by atoms with E-state index in [2.05, 4.69) is 29.2 Å². The van der Waals surface area contributed by atoms with Gasteiger partial charge in [-0.25, -0.2) is 0 Å². The molecule has 7 heterocycles. The molecule has 9 rings (SSSR count). The van der Waals surface area contributed by atoms with Gasteiger partial charge in [-0.15, -0.1) is 0 Å². The first-order valence-electron chi connectivity index (χ1n) is 23.9. The Bertz CT molecular complexity index is 2890. The van der Waals surface area contributed by atoms with Gasteiger partial charge in [-0.05, 0) is 34.7 Å². The summed E-state index contributed by atoms with van der Waals surface area (Å²) in [6, 6.07) is 6.47. The van der Waals surface area contributed by atoms with E-state index in [-0.39, 0.29) is 68.6 Å². The summed E-state index contributed by atoms with van der Waals surface area (Å²) in [6.07, 6.45) is -0.621. The molecule has 72 heavy (non-hydrogen) atoms. The minimum atomic E-state index is -4.60. The first kappa shape index (κ1) is 52.7. The van der Waals surface area contributed by atoms with Gasteiger partial charge in [0.15, 0.2) is 0 Å². The first-order chi connectivity index (χ1) is 34.1. The number of cyclic esters (lactones) is 1. The van der Waals surface area contributed by atoms with E-state index in [4.69, 9.17) is 31.9 Å². The Morgan fingerprint density at radius 2 is 1.86 bits per heavy atom. The number of pyridine rings is 1. The molecule has 4 amide bonds. The van der Waals surface area contributed by atoms with Gasteiger partial charge in [0.2, 0.25) is 0 Å². The third-order valence-corrected chi connectivity index (χ3v) is 21.7. The molecule has 1 aromatic carbocycles. The number of halogens is 5. The fourth-order valence-corrected chi connectivity index (χ4v) is 18.8. The summed E-state index contributed by atoms with van der Waals surface area (Å²) in [7, 11) is 3.16. The number of hydrogen-bond donors (Lipinski definition) is 0. The number of benzene rings is 1. The molecule has 6 atom stereocenters. The Labute approximate surface area is 449 Å². The number of likely N-dealkylation sites (N-methyl/N-ethyl adjacent to an activating group) is 1. The molecular weight excluding hydrogens is 1200 g/mol. The van der Waals surface area contributed by atoms with Crippen molar-refractivity contribution in [3.05, 3.63) is 70.8 Å². The molecule has 0 N–H and O–H groups in total. The minimum absolute atomic E-state index is 0.0774. The number of nitrogens with zero attached hydrogens (tertiary/aromatic N) is 8. The molecule has 3 saturated heterocycles. The van der Waals surface area contributed by atoms with Crippen LogP contribution in [0.4, 0.5) is 18.0 Å². The fourth-order valence-electron chi connectivity index (χ4n) is 11.6. The molecule has 5 aliphatic rings. The van der Waals surface area contributed by atoms with Gasteiger partial charge in [0.1, 0.15) is 0 Å². The normalized spacial score (nSPS) is 26.0. The molecule has 0 radical (unpaired) electrons. The molecular formula is C50H57F3I2N8O7S2. The van der Waals surface area contributed by atoms with Crippen molar-refractivity contribution >= 4 is 86.9 Å².